The number of carbonyl (C=O) groups is 1. The Balaban J connectivity index is 0.00000225. The first-order valence-electron chi connectivity index (χ1n) is 5.99. The molecule has 0 unspecified atom stereocenters. The summed E-state index contributed by atoms with van der Waals surface area (Å²) >= 11 is 0. The van der Waals surface area contributed by atoms with Crippen LogP contribution in [0.2, 0.25) is 0 Å². The summed E-state index contributed by atoms with van der Waals surface area (Å²) in [7, 11) is 0. The molecule has 0 radical (unpaired) electrons. The zero-order chi connectivity index (χ0) is 11.3. The monoisotopic (exact) mass is 249 g/mol. The van der Waals surface area contributed by atoms with Crippen LogP contribution < -0.4 is 5.32 Å². The second kappa shape index (κ2) is 7.13. The molecule has 16 heavy (non-hydrogen) atoms. The van der Waals surface area contributed by atoms with Crippen molar-refractivity contribution in [2.45, 2.75) is 58.4 Å². The molecule has 0 atom stereocenters. The largest absolute Gasteiger partial charge is 0.481 e. The van der Waals surface area contributed by atoms with E-state index in [-0.39, 0.29) is 17.8 Å². The highest BCUT2D eigenvalue weighted by Crippen LogP contribution is 2.38. The number of rotatable bonds is 5. The predicted octanol–water partition coefficient (Wildman–Crippen LogP) is 2.83. The van der Waals surface area contributed by atoms with Crippen LogP contribution in [0.3, 0.4) is 0 Å². The molecule has 1 saturated carbocycles. The van der Waals surface area contributed by atoms with E-state index in [2.05, 4.69) is 19.2 Å². The van der Waals surface area contributed by atoms with E-state index in [9.17, 15) is 4.79 Å². The molecule has 2 N–H and O–H groups in total. The maximum atomic E-state index is 10.9. The number of halogens is 1. The average Bonchev–Trinajstić information content (AvgIpc) is 2.15. The number of hydrogen-bond acceptors (Lipinski definition) is 2. The first kappa shape index (κ1) is 15.7. The predicted molar refractivity (Wildman–Crippen MR) is 68.2 cm³/mol. The van der Waals surface area contributed by atoms with Crippen LogP contribution in [-0.4, -0.2) is 23.7 Å². The number of carboxylic acids is 1. The van der Waals surface area contributed by atoms with Crippen molar-refractivity contribution in [3.8, 4) is 0 Å². The van der Waals surface area contributed by atoms with Gasteiger partial charge >= 0.3 is 5.97 Å². The molecule has 1 aliphatic rings. The first-order chi connectivity index (χ1) is 7.04. The lowest BCUT2D eigenvalue weighted by molar-refractivity contribution is -0.140. The van der Waals surface area contributed by atoms with Crippen LogP contribution in [-0.2, 0) is 4.79 Å². The van der Waals surface area contributed by atoms with Gasteiger partial charge in [-0.15, -0.1) is 12.4 Å². The molecule has 0 aromatic carbocycles. The van der Waals surface area contributed by atoms with Gasteiger partial charge in [-0.05, 0) is 18.3 Å². The summed E-state index contributed by atoms with van der Waals surface area (Å²) in [6, 6.07) is 0.442. The maximum absolute atomic E-state index is 10.9. The molecule has 0 spiro atoms. The van der Waals surface area contributed by atoms with Crippen molar-refractivity contribution in [3.63, 3.8) is 0 Å². The molecule has 0 aliphatic heterocycles. The lowest BCUT2D eigenvalue weighted by Crippen LogP contribution is -2.40. The second-order valence-corrected chi connectivity index (χ2v) is 5.17. The summed E-state index contributed by atoms with van der Waals surface area (Å²) in [5.41, 5.74) is 0.0222. The molecule has 1 aliphatic carbocycles. The molecule has 1 fully saturated rings. The van der Waals surface area contributed by atoms with Crippen LogP contribution >= 0.6 is 12.4 Å². The molecule has 3 nitrogen and oxygen atoms in total. The van der Waals surface area contributed by atoms with Crippen molar-refractivity contribution in [3.05, 3.63) is 0 Å². The number of nitrogens with one attached hydrogen (secondary N) is 1. The Kier molecular flexibility index (Phi) is 7.00. The Morgan fingerprint density at radius 2 is 1.88 bits per heavy atom. The van der Waals surface area contributed by atoms with Gasteiger partial charge in [-0.25, -0.2) is 0 Å². The molecule has 4 heteroatoms. The van der Waals surface area contributed by atoms with Crippen LogP contribution in [0, 0.1) is 5.41 Å². The van der Waals surface area contributed by atoms with Gasteiger partial charge in [0.1, 0.15) is 0 Å². The van der Waals surface area contributed by atoms with E-state index in [1.807, 2.05) is 0 Å². The molecule has 0 bridgehead atoms. The van der Waals surface area contributed by atoms with Crippen LogP contribution in [0.4, 0.5) is 0 Å². The van der Waals surface area contributed by atoms with Crippen molar-refractivity contribution >= 4 is 18.4 Å². The van der Waals surface area contributed by atoms with Gasteiger partial charge in [0.15, 0.2) is 0 Å². The highest BCUT2D eigenvalue weighted by molar-refractivity contribution is 5.85. The second-order valence-electron chi connectivity index (χ2n) is 5.17. The van der Waals surface area contributed by atoms with Crippen molar-refractivity contribution < 1.29 is 9.90 Å². The highest BCUT2D eigenvalue weighted by atomic mass is 35.5. The first-order valence-corrected chi connectivity index (χ1v) is 5.99. The van der Waals surface area contributed by atoms with Crippen molar-refractivity contribution in [2.75, 3.05) is 6.54 Å². The van der Waals surface area contributed by atoms with E-state index in [1.54, 1.807) is 0 Å². The fourth-order valence-corrected chi connectivity index (χ4v) is 2.46. The number of aliphatic carboxylic acids is 1. The van der Waals surface area contributed by atoms with Gasteiger partial charge < -0.3 is 10.4 Å². The third kappa shape index (κ3) is 5.17. The van der Waals surface area contributed by atoms with Crippen LogP contribution in [0.5, 0.6) is 0 Å². The van der Waals surface area contributed by atoms with Gasteiger partial charge in [-0.2, -0.15) is 0 Å². The van der Waals surface area contributed by atoms with Crippen LogP contribution in [0.15, 0.2) is 0 Å². The summed E-state index contributed by atoms with van der Waals surface area (Å²) in [6.45, 7) is 5.07. The zero-order valence-electron chi connectivity index (χ0n) is 10.3. The Labute approximate surface area is 104 Å². The molecule has 0 aromatic heterocycles. The van der Waals surface area contributed by atoms with E-state index in [1.165, 1.54) is 19.3 Å². The molecular weight excluding hydrogens is 226 g/mol. The normalized spacial score (nSPS) is 19.2. The molecule has 0 saturated heterocycles. The van der Waals surface area contributed by atoms with Gasteiger partial charge in [0.2, 0.25) is 0 Å². The average molecular weight is 250 g/mol. The van der Waals surface area contributed by atoms with Gasteiger partial charge in [0, 0.05) is 12.6 Å². The molecule has 96 valence electrons. The van der Waals surface area contributed by atoms with E-state index in [0.717, 1.165) is 19.4 Å². The fraction of sp³-hybridized carbons (Fsp3) is 0.917. The quantitative estimate of drug-likeness (QED) is 0.788. The zero-order valence-corrected chi connectivity index (χ0v) is 11.1. The summed E-state index contributed by atoms with van der Waals surface area (Å²) < 4.78 is 0. The van der Waals surface area contributed by atoms with Crippen molar-refractivity contribution in [2.24, 2.45) is 5.41 Å². The Bertz CT molecular complexity index is 213. The summed E-state index contributed by atoms with van der Waals surface area (Å²) in [4.78, 5) is 10.9. The van der Waals surface area contributed by atoms with E-state index >= 15 is 0 Å². The van der Waals surface area contributed by atoms with E-state index in [4.69, 9.17) is 5.11 Å². The van der Waals surface area contributed by atoms with E-state index in [0.29, 0.717) is 12.5 Å². The summed E-state index contributed by atoms with van der Waals surface area (Å²) in [5, 5.41) is 12.4. The van der Waals surface area contributed by atoms with Gasteiger partial charge in [0.05, 0.1) is 6.42 Å². The third-order valence-corrected chi connectivity index (χ3v) is 3.33. The summed E-state index contributed by atoms with van der Waals surface area (Å²) in [6.07, 6.45) is 6.11. The topological polar surface area (TPSA) is 49.3 Å². The molecule has 0 amide bonds. The lowest BCUT2D eigenvalue weighted by Gasteiger charge is -2.37. The molecule has 1 rings (SSSR count). The smallest absolute Gasteiger partial charge is 0.303 e. The van der Waals surface area contributed by atoms with Crippen LogP contribution in [0.25, 0.3) is 0 Å². The minimum atomic E-state index is -0.651. The standard InChI is InChI=1S/C12H23NO2.ClH/c1-10(2)13-9-12(8-11(14)15)6-4-3-5-7-12;/h10,13H,3-9H2,1-2H3,(H,14,15);1H. The molecule has 0 aromatic rings. The third-order valence-electron chi connectivity index (χ3n) is 3.33. The Hall–Kier alpha value is -0.280. The number of hydrogen-bond donors (Lipinski definition) is 2. The molecule has 0 heterocycles. The fourth-order valence-electron chi connectivity index (χ4n) is 2.46. The molecular formula is C12H24ClNO2. The number of carboxylic acid groups (broad SMARTS) is 1. The SMILES string of the molecule is CC(C)NCC1(CC(=O)O)CCCCC1.Cl. The van der Waals surface area contributed by atoms with Gasteiger partial charge in [-0.3, -0.25) is 4.79 Å². The maximum Gasteiger partial charge on any atom is 0.303 e. The Morgan fingerprint density at radius 3 is 2.31 bits per heavy atom. The minimum Gasteiger partial charge on any atom is -0.481 e. The van der Waals surface area contributed by atoms with E-state index < -0.39 is 5.97 Å². The van der Waals surface area contributed by atoms with Crippen LogP contribution in [0.1, 0.15) is 52.4 Å². The van der Waals surface area contributed by atoms with Gasteiger partial charge in [-0.1, -0.05) is 33.1 Å². The minimum absolute atomic E-state index is 0. The Morgan fingerprint density at radius 1 is 1.31 bits per heavy atom. The highest BCUT2D eigenvalue weighted by Gasteiger charge is 2.34. The van der Waals surface area contributed by atoms with Crippen molar-refractivity contribution in [1.82, 2.24) is 5.32 Å². The lowest BCUT2D eigenvalue weighted by atomic mass is 9.71. The van der Waals surface area contributed by atoms with Gasteiger partial charge in [0.25, 0.3) is 0 Å². The summed E-state index contributed by atoms with van der Waals surface area (Å²) in [5.74, 6) is -0.651. The van der Waals surface area contributed by atoms with Crippen molar-refractivity contribution in [1.29, 1.82) is 0 Å².